The first-order valence-corrected chi connectivity index (χ1v) is 8.41. The number of aryl methyl sites for hydroxylation is 1. The van der Waals surface area contributed by atoms with Crippen molar-refractivity contribution in [3.05, 3.63) is 45.9 Å². The minimum absolute atomic E-state index is 0.145. The lowest BCUT2D eigenvalue weighted by molar-refractivity contribution is -0.145. The van der Waals surface area contributed by atoms with Crippen LogP contribution >= 0.6 is 11.3 Å². The average Bonchev–Trinajstić information content (AvgIpc) is 2.98. The van der Waals surface area contributed by atoms with Crippen molar-refractivity contribution in [1.82, 2.24) is 10.3 Å². The van der Waals surface area contributed by atoms with Crippen LogP contribution in [-0.2, 0) is 16.1 Å². The number of hydrogen-bond donors (Lipinski definition) is 2. The number of hydrogen-bond acceptors (Lipinski definition) is 6. The summed E-state index contributed by atoms with van der Waals surface area (Å²) in [6.07, 6.45) is 0. The molecule has 7 nitrogen and oxygen atoms in total. The molecule has 1 aromatic carbocycles. The summed E-state index contributed by atoms with van der Waals surface area (Å²) in [7, 11) is 1.38. The third kappa shape index (κ3) is 5.01. The van der Waals surface area contributed by atoms with Gasteiger partial charge >= 0.3 is 5.97 Å². The van der Waals surface area contributed by atoms with Crippen LogP contribution in [0.3, 0.4) is 0 Å². The number of carbonyl (C=O) groups excluding carboxylic acids is 1. The van der Waals surface area contributed by atoms with Gasteiger partial charge in [-0.1, -0.05) is 6.07 Å². The summed E-state index contributed by atoms with van der Waals surface area (Å²) in [6.45, 7) is 3.46. The van der Waals surface area contributed by atoms with E-state index in [2.05, 4.69) is 10.3 Å². The van der Waals surface area contributed by atoms with E-state index < -0.39 is 17.4 Å². The van der Waals surface area contributed by atoms with E-state index in [-0.39, 0.29) is 6.61 Å². The SMILES string of the molecule is COCC(C)(NC(=O)c1cccc(OCc2csc(C)n2)c1)C(=O)O. The van der Waals surface area contributed by atoms with Crippen LogP contribution in [0.25, 0.3) is 0 Å². The summed E-state index contributed by atoms with van der Waals surface area (Å²) in [5.74, 6) is -1.19. The predicted molar refractivity (Wildman–Crippen MR) is 93.0 cm³/mol. The van der Waals surface area contributed by atoms with Crippen LogP contribution in [0.5, 0.6) is 5.75 Å². The lowest BCUT2D eigenvalue weighted by atomic mass is 10.0. The number of aromatic nitrogens is 1. The number of nitrogens with one attached hydrogen (secondary N) is 1. The Bertz CT molecular complexity index is 761. The first-order valence-electron chi connectivity index (χ1n) is 7.53. The number of benzene rings is 1. The summed E-state index contributed by atoms with van der Waals surface area (Å²) < 4.78 is 10.5. The minimum atomic E-state index is -1.51. The molecule has 25 heavy (non-hydrogen) atoms. The van der Waals surface area contributed by atoms with Crippen LogP contribution in [0.2, 0.25) is 0 Å². The molecule has 0 aliphatic rings. The van der Waals surface area contributed by atoms with E-state index >= 15 is 0 Å². The Morgan fingerprint density at radius 3 is 2.76 bits per heavy atom. The van der Waals surface area contributed by atoms with Crippen molar-refractivity contribution in [2.45, 2.75) is 26.0 Å². The first-order chi connectivity index (χ1) is 11.8. The molecule has 0 fully saturated rings. The van der Waals surface area contributed by atoms with E-state index in [9.17, 15) is 14.7 Å². The highest BCUT2D eigenvalue weighted by atomic mass is 32.1. The fraction of sp³-hybridized carbons (Fsp3) is 0.353. The molecule has 2 N–H and O–H groups in total. The van der Waals surface area contributed by atoms with Crippen molar-refractivity contribution in [3.8, 4) is 5.75 Å². The van der Waals surface area contributed by atoms with Crippen LogP contribution in [0.15, 0.2) is 29.6 Å². The molecular formula is C17H20N2O5S. The highest BCUT2D eigenvalue weighted by molar-refractivity contribution is 7.09. The summed E-state index contributed by atoms with van der Waals surface area (Å²) in [6, 6.07) is 6.54. The predicted octanol–water partition coefficient (Wildman–Crippen LogP) is 2.25. The van der Waals surface area contributed by atoms with Gasteiger partial charge in [0.25, 0.3) is 5.91 Å². The number of ether oxygens (including phenoxy) is 2. The molecular weight excluding hydrogens is 344 g/mol. The molecule has 134 valence electrons. The number of carboxylic acid groups (broad SMARTS) is 1. The van der Waals surface area contributed by atoms with E-state index in [1.807, 2.05) is 12.3 Å². The number of aliphatic carboxylic acids is 1. The molecule has 0 radical (unpaired) electrons. The molecule has 0 spiro atoms. The van der Waals surface area contributed by atoms with Crippen LogP contribution in [0.1, 0.15) is 28.0 Å². The number of carbonyl (C=O) groups is 2. The lowest BCUT2D eigenvalue weighted by Crippen LogP contribution is -2.55. The summed E-state index contributed by atoms with van der Waals surface area (Å²) >= 11 is 1.54. The summed E-state index contributed by atoms with van der Waals surface area (Å²) in [4.78, 5) is 28.1. The van der Waals surface area contributed by atoms with Crippen molar-refractivity contribution in [2.24, 2.45) is 0 Å². The van der Waals surface area contributed by atoms with E-state index in [1.165, 1.54) is 25.4 Å². The third-order valence-electron chi connectivity index (χ3n) is 3.44. The number of nitrogens with zero attached hydrogens (tertiary/aromatic N) is 1. The quantitative estimate of drug-likeness (QED) is 0.746. The Labute approximate surface area is 149 Å². The third-order valence-corrected chi connectivity index (χ3v) is 4.27. The molecule has 1 unspecified atom stereocenters. The summed E-state index contributed by atoms with van der Waals surface area (Å²) in [5.41, 5.74) is -0.396. The Hall–Kier alpha value is -2.45. The van der Waals surface area contributed by atoms with Gasteiger partial charge in [-0.25, -0.2) is 9.78 Å². The van der Waals surface area contributed by atoms with Crippen molar-refractivity contribution in [1.29, 1.82) is 0 Å². The van der Waals surface area contributed by atoms with Gasteiger partial charge in [-0.15, -0.1) is 11.3 Å². The van der Waals surface area contributed by atoms with Crippen molar-refractivity contribution < 1.29 is 24.2 Å². The second-order valence-electron chi connectivity index (χ2n) is 5.70. The maximum Gasteiger partial charge on any atom is 0.331 e. The number of carboxylic acids is 1. The fourth-order valence-corrected chi connectivity index (χ4v) is 2.72. The second-order valence-corrected chi connectivity index (χ2v) is 6.76. The molecule has 0 aliphatic carbocycles. The van der Waals surface area contributed by atoms with Gasteiger partial charge in [-0.3, -0.25) is 4.79 Å². The second kappa shape index (κ2) is 8.09. The standard InChI is InChI=1S/C17H20N2O5S/c1-11-18-13(9-25-11)8-24-14-6-4-5-12(7-14)15(20)19-17(2,10-23-3)16(21)22/h4-7,9H,8,10H2,1-3H3,(H,19,20)(H,21,22). The topological polar surface area (TPSA) is 97.8 Å². The lowest BCUT2D eigenvalue weighted by Gasteiger charge is -2.25. The van der Waals surface area contributed by atoms with Crippen LogP contribution in [-0.4, -0.2) is 41.2 Å². The van der Waals surface area contributed by atoms with Gasteiger partial charge in [0.1, 0.15) is 12.4 Å². The molecule has 8 heteroatoms. The minimum Gasteiger partial charge on any atom is -0.487 e. The van der Waals surface area contributed by atoms with E-state index in [0.29, 0.717) is 17.9 Å². The van der Waals surface area contributed by atoms with E-state index in [0.717, 1.165) is 10.7 Å². The maximum atomic E-state index is 12.4. The normalized spacial score (nSPS) is 13.1. The molecule has 1 atom stereocenters. The highest BCUT2D eigenvalue weighted by Crippen LogP contribution is 2.17. The zero-order valence-corrected chi connectivity index (χ0v) is 15.1. The zero-order chi connectivity index (χ0) is 18.4. The van der Waals surface area contributed by atoms with Gasteiger partial charge in [-0.2, -0.15) is 0 Å². The smallest absolute Gasteiger partial charge is 0.331 e. The molecule has 1 aromatic heterocycles. The van der Waals surface area contributed by atoms with Crippen LogP contribution < -0.4 is 10.1 Å². The maximum absolute atomic E-state index is 12.4. The van der Waals surface area contributed by atoms with Gasteiger partial charge in [0.15, 0.2) is 5.54 Å². The Morgan fingerprint density at radius 1 is 1.40 bits per heavy atom. The average molecular weight is 364 g/mol. The van der Waals surface area contributed by atoms with Crippen molar-refractivity contribution >= 4 is 23.2 Å². The van der Waals surface area contributed by atoms with Gasteiger partial charge in [0, 0.05) is 18.1 Å². The van der Waals surface area contributed by atoms with Crippen molar-refractivity contribution in [3.63, 3.8) is 0 Å². The fourth-order valence-electron chi connectivity index (χ4n) is 2.12. The Morgan fingerprint density at radius 2 is 2.16 bits per heavy atom. The zero-order valence-electron chi connectivity index (χ0n) is 14.2. The number of rotatable bonds is 8. The molecule has 1 amide bonds. The number of amides is 1. The van der Waals surface area contributed by atoms with Gasteiger partial charge in [0.2, 0.25) is 0 Å². The monoisotopic (exact) mass is 364 g/mol. The van der Waals surface area contributed by atoms with Crippen molar-refractivity contribution in [2.75, 3.05) is 13.7 Å². The molecule has 0 bridgehead atoms. The van der Waals surface area contributed by atoms with Gasteiger partial charge < -0.3 is 19.9 Å². The molecule has 0 saturated heterocycles. The highest BCUT2D eigenvalue weighted by Gasteiger charge is 2.35. The van der Waals surface area contributed by atoms with E-state index in [1.54, 1.807) is 24.3 Å². The molecule has 2 aromatic rings. The van der Waals surface area contributed by atoms with Crippen LogP contribution in [0.4, 0.5) is 0 Å². The summed E-state index contributed by atoms with van der Waals surface area (Å²) in [5, 5.41) is 14.7. The van der Waals surface area contributed by atoms with Gasteiger partial charge in [-0.05, 0) is 32.0 Å². The van der Waals surface area contributed by atoms with Gasteiger partial charge in [0.05, 0.1) is 17.3 Å². The van der Waals surface area contributed by atoms with E-state index in [4.69, 9.17) is 9.47 Å². The Kier molecular flexibility index (Phi) is 6.11. The Balaban J connectivity index is 2.06. The van der Waals surface area contributed by atoms with Crippen LogP contribution in [0, 0.1) is 6.92 Å². The largest absolute Gasteiger partial charge is 0.487 e. The number of thiazole rings is 1. The first kappa shape index (κ1) is 18.9. The molecule has 0 saturated carbocycles. The molecule has 0 aliphatic heterocycles. The molecule has 2 rings (SSSR count). The number of methoxy groups -OCH3 is 1. The molecule has 1 heterocycles.